The van der Waals surface area contributed by atoms with Gasteiger partial charge in [0.2, 0.25) is 17.5 Å². The van der Waals surface area contributed by atoms with E-state index in [1.165, 1.54) is 6.07 Å². The van der Waals surface area contributed by atoms with Crippen LogP contribution in [0.5, 0.6) is 28.7 Å². The minimum absolute atomic E-state index is 0.0297. The van der Waals surface area contributed by atoms with Crippen LogP contribution >= 0.6 is 0 Å². The summed E-state index contributed by atoms with van der Waals surface area (Å²) in [6, 6.07) is 5.38. The van der Waals surface area contributed by atoms with E-state index < -0.39 is 71.5 Å². The molecule has 33 heavy (non-hydrogen) atoms. The summed E-state index contributed by atoms with van der Waals surface area (Å²) in [5, 5.41) is 78.3. The van der Waals surface area contributed by atoms with Gasteiger partial charge in [-0.05, 0) is 18.2 Å². The lowest BCUT2D eigenvalue weighted by Crippen LogP contribution is -2.40. The lowest BCUT2D eigenvalue weighted by atomic mass is 10.1. The standard InChI is InChI=1S/C21H20O12/c22-6-12(27)19-16(29)17(30)21(32-19)33-20-15(28)14-11(26)4-8(23)5-13(14)31-18(20)7-1-2-9(24)10(25)3-7/h1-5,12,16-17,19,21-27,29-30H,6H2/t12-,16-,17-,19-,21+/m1/s1. The highest BCUT2D eigenvalue weighted by Crippen LogP contribution is 2.39. The van der Waals surface area contributed by atoms with Crippen LogP contribution in [-0.4, -0.2) is 78.2 Å². The highest BCUT2D eigenvalue weighted by atomic mass is 16.7. The van der Waals surface area contributed by atoms with Gasteiger partial charge in [-0.3, -0.25) is 4.79 Å². The first kappa shape index (κ1) is 22.6. The van der Waals surface area contributed by atoms with E-state index in [1.54, 1.807) is 0 Å². The number of benzene rings is 2. The normalized spacial score (nSPS) is 23.6. The molecule has 0 aliphatic carbocycles. The van der Waals surface area contributed by atoms with Gasteiger partial charge in [0.05, 0.1) is 6.61 Å². The molecule has 3 aromatic rings. The minimum atomic E-state index is -1.75. The molecule has 2 heterocycles. The average molecular weight is 464 g/mol. The summed E-state index contributed by atoms with van der Waals surface area (Å²) >= 11 is 0. The van der Waals surface area contributed by atoms with Gasteiger partial charge in [0.15, 0.2) is 17.3 Å². The van der Waals surface area contributed by atoms with Crippen molar-refractivity contribution < 1.29 is 54.7 Å². The summed E-state index contributed by atoms with van der Waals surface area (Å²) in [4.78, 5) is 13.2. The van der Waals surface area contributed by atoms with Gasteiger partial charge >= 0.3 is 0 Å². The number of ether oxygens (including phenoxy) is 2. The predicted molar refractivity (Wildman–Crippen MR) is 109 cm³/mol. The number of hydrogen-bond acceptors (Lipinski definition) is 12. The smallest absolute Gasteiger partial charge is 0.239 e. The second-order valence-electron chi connectivity index (χ2n) is 7.45. The second kappa shape index (κ2) is 8.42. The number of aliphatic hydroxyl groups is 4. The highest BCUT2D eigenvalue weighted by molar-refractivity contribution is 5.88. The van der Waals surface area contributed by atoms with Gasteiger partial charge in [0, 0.05) is 17.7 Å². The fourth-order valence-electron chi connectivity index (χ4n) is 3.54. The van der Waals surface area contributed by atoms with Crippen LogP contribution < -0.4 is 10.2 Å². The zero-order chi connectivity index (χ0) is 24.0. The molecule has 12 nitrogen and oxygen atoms in total. The largest absolute Gasteiger partial charge is 0.508 e. The summed E-state index contributed by atoms with van der Waals surface area (Å²) < 4.78 is 16.5. The fourth-order valence-corrected chi connectivity index (χ4v) is 3.54. The third-order valence-electron chi connectivity index (χ3n) is 5.21. The summed E-state index contributed by atoms with van der Waals surface area (Å²) in [5.41, 5.74) is -1.16. The lowest BCUT2D eigenvalue weighted by Gasteiger charge is -2.19. The second-order valence-corrected chi connectivity index (χ2v) is 7.45. The number of fused-ring (bicyclic) bond motifs is 1. The van der Waals surface area contributed by atoms with Crippen molar-refractivity contribution in [3.8, 4) is 40.1 Å². The monoisotopic (exact) mass is 464 g/mol. The van der Waals surface area contributed by atoms with E-state index in [0.29, 0.717) is 0 Å². The third-order valence-corrected chi connectivity index (χ3v) is 5.21. The first-order chi connectivity index (χ1) is 15.6. The van der Waals surface area contributed by atoms with Crippen LogP contribution in [0.3, 0.4) is 0 Å². The van der Waals surface area contributed by atoms with Crippen molar-refractivity contribution in [2.75, 3.05) is 6.61 Å². The molecule has 8 N–H and O–H groups in total. The van der Waals surface area contributed by atoms with E-state index in [1.807, 2.05) is 0 Å². The van der Waals surface area contributed by atoms with Gasteiger partial charge in [0.25, 0.3) is 0 Å². The first-order valence-electron chi connectivity index (χ1n) is 9.64. The topological polar surface area (TPSA) is 211 Å². The summed E-state index contributed by atoms with van der Waals surface area (Å²) in [6.07, 6.45) is -8.11. The van der Waals surface area contributed by atoms with E-state index in [2.05, 4.69) is 0 Å². The molecule has 4 rings (SSSR count). The van der Waals surface area contributed by atoms with Gasteiger partial charge in [-0.15, -0.1) is 0 Å². The number of aromatic hydroxyl groups is 4. The molecule has 12 heteroatoms. The molecule has 1 saturated heterocycles. The molecule has 0 spiro atoms. The molecule has 0 radical (unpaired) electrons. The van der Waals surface area contributed by atoms with Crippen molar-refractivity contribution in [2.45, 2.75) is 30.7 Å². The SMILES string of the molecule is O=c1c(O[C@@H]2O[C@H]([C@H](O)CO)[C@H](O)[C@H]2O)c(-c2ccc(O)c(O)c2)oc2cc(O)cc(O)c12. The Kier molecular flexibility index (Phi) is 5.78. The average Bonchev–Trinajstić information content (AvgIpc) is 3.04. The van der Waals surface area contributed by atoms with Gasteiger partial charge in [0.1, 0.15) is 46.9 Å². The zero-order valence-electron chi connectivity index (χ0n) is 16.7. The lowest BCUT2D eigenvalue weighted by molar-refractivity contribution is -0.137. The Morgan fingerprint density at radius 1 is 0.970 bits per heavy atom. The van der Waals surface area contributed by atoms with Gasteiger partial charge in [-0.25, -0.2) is 0 Å². The van der Waals surface area contributed by atoms with Crippen LogP contribution in [0, 0.1) is 0 Å². The zero-order valence-corrected chi connectivity index (χ0v) is 16.7. The van der Waals surface area contributed by atoms with E-state index in [0.717, 1.165) is 24.3 Å². The molecule has 1 fully saturated rings. The van der Waals surface area contributed by atoms with Crippen molar-refractivity contribution in [1.29, 1.82) is 0 Å². The predicted octanol–water partition coefficient (Wildman–Crippen LogP) is -0.539. The third kappa shape index (κ3) is 3.90. The molecule has 0 bridgehead atoms. The summed E-state index contributed by atoms with van der Waals surface area (Å²) in [5.74, 6) is -3.00. The number of aliphatic hydroxyl groups excluding tert-OH is 4. The molecule has 2 aromatic carbocycles. The van der Waals surface area contributed by atoms with Gasteiger partial charge in [-0.2, -0.15) is 0 Å². The van der Waals surface area contributed by atoms with E-state index in [9.17, 15) is 40.5 Å². The Hall–Kier alpha value is -3.55. The Bertz CT molecular complexity index is 1250. The van der Waals surface area contributed by atoms with Crippen LogP contribution in [0.25, 0.3) is 22.3 Å². The summed E-state index contributed by atoms with van der Waals surface area (Å²) in [6.45, 7) is -0.783. The van der Waals surface area contributed by atoms with Crippen molar-refractivity contribution >= 4 is 11.0 Å². The van der Waals surface area contributed by atoms with E-state index >= 15 is 0 Å². The molecule has 0 unspecified atom stereocenters. The maximum absolute atomic E-state index is 13.2. The van der Waals surface area contributed by atoms with Gasteiger partial charge in [-0.1, -0.05) is 0 Å². The Balaban J connectivity index is 1.88. The van der Waals surface area contributed by atoms with Crippen LogP contribution in [0.15, 0.2) is 39.5 Å². The minimum Gasteiger partial charge on any atom is -0.508 e. The number of rotatable bonds is 5. The Labute approximate surface area is 184 Å². The van der Waals surface area contributed by atoms with Crippen LogP contribution in [0.4, 0.5) is 0 Å². The van der Waals surface area contributed by atoms with Gasteiger partial charge < -0.3 is 54.7 Å². The van der Waals surface area contributed by atoms with Crippen LogP contribution in [0.1, 0.15) is 0 Å². The summed E-state index contributed by atoms with van der Waals surface area (Å²) in [7, 11) is 0. The Morgan fingerprint density at radius 3 is 2.36 bits per heavy atom. The first-order valence-corrected chi connectivity index (χ1v) is 9.64. The number of phenolic OH excluding ortho intramolecular Hbond substituents is 4. The van der Waals surface area contributed by atoms with Crippen molar-refractivity contribution in [3.05, 3.63) is 40.6 Å². The van der Waals surface area contributed by atoms with E-state index in [-0.39, 0.29) is 22.3 Å². The maximum atomic E-state index is 13.2. The molecule has 1 aliphatic rings. The maximum Gasteiger partial charge on any atom is 0.239 e. The Morgan fingerprint density at radius 2 is 1.70 bits per heavy atom. The molecule has 0 saturated carbocycles. The molecular weight excluding hydrogens is 444 g/mol. The fraction of sp³-hybridized carbons (Fsp3) is 0.286. The highest BCUT2D eigenvalue weighted by Gasteiger charge is 2.47. The van der Waals surface area contributed by atoms with Crippen LogP contribution in [0.2, 0.25) is 0 Å². The van der Waals surface area contributed by atoms with Crippen LogP contribution in [-0.2, 0) is 4.74 Å². The molecular formula is C21H20O12. The van der Waals surface area contributed by atoms with Crippen molar-refractivity contribution in [3.63, 3.8) is 0 Å². The van der Waals surface area contributed by atoms with Crippen molar-refractivity contribution in [1.82, 2.24) is 0 Å². The quantitative estimate of drug-likeness (QED) is 0.224. The molecule has 0 amide bonds. The molecule has 5 atom stereocenters. The molecule has 176 valence electrons. The number of phenols is 4. The van der Waals surface area contributed by atoms with Crippen molar-refractivity contribution in [2.24, 2.45) is 0 Å². The van der Waals surface area contributed by atoms with E-state index in [4.69, 9.17) is 19.0 Å². The molecule has 1 aliphatic heterocycles. The molecule has 1 aromatic heterocycles. The number of hydrogen-bond donors (Lipinski definition) is 8.